The summed E-state index contributed by atoms with van der Waals surface area (Å²) < 4.78 is 34.9. The van der Waals surface area contributed by atoms with Gasteiger partial charge in [-0.1, -0.05) is 30.3 Å². The highest BCUT2D eigenvalue weighted by molar-refractivity contribution is 7.91. The van der Waals surface area contributed by atoms with Gasteiger partial charge in [-0.05, 0) is 48.9 Å². The number of sulfonamides is 1. The van der Waals surface area contributed by atoms with Crippen molar-refractivity contribution < 1.29 is 17.9 Å². The van der Waals surface area contributed by atoms with Crippen LogP contribution in [0.25, 0.3) is 21.8 Å². The van der Waals surface area contributed by atoms with E-state index in [0.29, 0.717) is 16.8 Å². The van der Waals surface area contributed by atoms with Crippen molar-refractivity contribution in [3.63, 3.8) is 0 Å². The molecule has 4 rings (SSSR count). The molecule has 1 N–H and O–H groups in total. The van der Waals surface area contributed by atoms with E-state index in [1.807, 2.05) is 30.3 Å². The van der Waals surface area contributed by atoms with Crippen molar-refractivity contribution in [2.45, 2.75) is 19.2 Å². The van der Waals surface area contributed by atoms with Crippen molar-refractivity contribution in [3.05, 3.63) is 77.9 Å². The van der Waals surface area contributed by atoms with Crippen LogP contribution < -0.4 is 4.72 Å². The topological polar surface area (TPSA) is 77.4 Å². The third-order valence-electron chi connectivity index (χ3n) is 5.09. The lowest BCUT2D eigenvalue weighted by Crippen LogP contribution is -2.15. The Labute approximate surface area is 175 Å². The zero-order chi connectivity index (χ0) is 21.3. The van der Waals surface area contributed by atoms with E-state index in [0.717, 1.165) is 28.4 Å². The molecule has 0 radical (unpaired) electrons. The summed E-state index contributed by atoms with van der Waals surface area (Å²) in [6.07, 6.45) is 0. The summed E-state index contributed by atoms with van der Waals surface area (Å²) in [7, 11) is -2.32. The molecule has 0 unspecified atom stereocenters. The lowest BCUT2D eigenvalue weighted by molar-refractivity contribution is 0.0600. The Balaban J connectivity index is 1.61. The van der Waals surface area contributed by atoms with Gasteiger partial charge in [-0.25, -0.2) is 13.2 Å². The molecule has 1 aromatic heterocycles. The SMILES string of the molecule is CCn1c2ccccc2c2cc(NS(=O)(=O)Cc3ccc(C(=O)OC)cc3)ccc21. The van der Waals surface area contributed by atoms with E-state index in [-0.39, 0.29) is 5.75 Å². The predicted octanol–water partition coefficient (Wildman–Crippen LogP) is 4.54. The molecule has 0 aliphatic heterocycles. The molecule has 30 heavy (non-hydrogen) atoms. The maximum atomic E-state index is 12.7. The molecular weight excluding hydrogens is 400 g/mol. The molecule has 0 saturated heterocycles. The fourth-order valence-corrected chi connectivity index (χ4v) is 4.94. The van der Waals surface area contributed by atoms with Crippen LogP contribution in [0.15, 0.2) is 66.7 Å². The summed E-state index contributed by atoms with van der Waals surface area (Å²) in [5, 5.41) is 2.10. The van der Waals surface area contributed by atoms with Gasteiger partial charge in [-0.15, -0.1) is 0 Å². The Hall–Kier alpha value is -3.32. The highest BCUT2D eigenvalue weighted by Crippen LogP contribution is 2.31. The lowest BCUT2D eigenvalue weighted by atomic mass is 10.1. The molecule has 3 aromatic carbocycles. The van der Waals surface area contributed by atoms with Gasteiger partial charge in [0.05, 0.1) is 18.4 Å². The molecule has 0 spiro atoms. The van der Waals surface area contributed by atoms with Gasteiger partial charge < -0.3 is 9.30 Å². The van der Waals surface area contributed by atoms with E-state index >= 15 is 0 Å². The van der Waals surface area contributed by atoms with Crippen molar-refractivity contribution in [1.29, 1.82) is 0 Å². The van der Waals surface area contributed by atoms with Crippen LogP contribution in [0.2, 0.25) is 0 Å². The van der Waals surface area contributed by atoms with E-state index in [9.17, 15) is 13.2 Å². The number of anilines is 1. The maximum Gasteiger partial charge on any atom is 0.337 e. The number of carbonyl (C=O) groups is 1. The van der Waals surface area contributed by atoms with Crippen LogP contribution in [-0.2, 0) is 27.1 Å². The van der Waals surface area contributed by atoms with Crippen LogP contribution >= 0.6 is 0 Å². The molecule has 6 nitrogen and oxygen atoms in total. The monoisotopic (exact) mass is 422 g/mol. The summed E-state index contributed by atoms with van der Waals surface area (Å²) >= 11 is 0. The molecule has 7 heteroatoms. The quantitative estimate of drug-likeness (QED) is 0.463. The van der Waals surface area contributed by atoms with Crippen molar-refractivity contribution in [3.8, 4) is 0 Å². The fourth-order valence-electron chi connectivity index (χ4n) is 3.75. The van der Waals surface area contributed by atoms with Gasteiger partial charge in [-0.2, -0.15) is 0 Å². The number of esters is 1. The summed E-state index contributed by atoms with van der Waals surface area (Å²) in [4.78, 5) is 11.5. The van der Waals surface area contributed by atoms with Gasteiger partial charge in [0.2, 0.25) is 10.0 Å². The molecule has 0 atom stereocenters. The highest BCUT2D eigenvalue weighted by Gasteiger charge is 2.15. The largest absolute Gasteiger partial charge is 0.465 e. The number of rotatable bonds is 6. The van der Waals surface area contributed by atoms with E-state index in [1.54, 1.807) is 30.3 Å². The number of para-hydroxylation sites is 1. The minimum Gasteiger partial charge on any atom is -0.465 e. The maximum absolute atomic E-state index is 12.7. The van der Waals surface area contributed by atoms with Crippen LogP contribution in [0, 0.1) is 0 Å². The number of aryl methyl sites for hydroxylation is 1. The zero-order valence-corrected chi connectivity index (χ0v) is 17.6. The Morgan fingerprint density at radius 3 is 2.37 bits per heavy atom. The number of nitrogens with one attached hydrogen (secondary N) is 1. The minimum atomic E-state index is -3.62. The number of methoxy groups -OCH3 is 1. The van der Waals surface area contributed by atoms with Gasteiger partial charge in [0.25, 0.3) is 0 Å². The average molecular weight is 423 g/mol. The molecule has 0 aliphatic rings. The summed E-state index contributed by atoms with van der Waals surface area (Å²) in [6.45, 7) is 2.92. The van der Waals surface area contributed by atoms with E-state index in [1.165, 1.54) is 7.11 Å². The van der Waals surface area contributed by atoms with Crippen molar-refractivity contribution >= 4 is 43.5 Å². The number of nitrogens with zero attached hydrogens (tertiary/aromatic N) is 1. The molecule has 0 fully saturated rings. The first kappa shape index (κ1) is 20.0. The van der Waals surface area contributed by atoms with Crippen LogP contribution in [0.4, 0.5) is 5.69 Å². The van der Waals surface area contributed by atoms with Crippen LogP contribution in [-0.4, -0.2) is 26.1 Å². The average Bonchev–Trinajstić information content (AvgIpc) is 3.06. The van der Waals surface area contributed by atoms with Crippen LogP contribution in [0.5, 0.6) is 0 Å². The number of hydrogen-bond acceptors (Lipinski definition) is 4. The molecule has 4 aromatic rings. The van der Waals surface area contributed by atoms with Crippen molar-refractivity contribution in [2.75, 3.05) is 11.8 Å². The third-order valence-corrected chi connectivity index (χ3v) is 6.35. The first-order valence-corrected chi connectivity index (χ1v) is 11.3. The first-order valence-electron chi connectivity index (χ1n) is 9.60. The Bertz CT molecular complexity index is 1340. The standard InChI is InChI=1S/C23H22N2O4S/c1-3-25-21-7-5-4-6-19(21)20-14-18(12-13-22(20)25)24-30(27,28)15-16-8-10-17(11-9-16)23(26)29-2/h4-14,24H,3,15H2,1-2H3. The second-order valence-corrected chi connectivity index (χ2v) is 8.77. The summed E-state index contributed by atoms with van der Waals surface area (Å²) in [5.74, 6) is -0.648. The highest BCUT2D eigenvalue weighted by atomic mass is 32.2. The lowest BCUT2D eigenvalue weighted by Gasteiger charge is -2.09. The van der Waals surface area contributed by atoms with Gasteiger partial charge in [0, 0.05) is 34.0 Å². The zero-order valence-electron chi connectivity index (χ0n) is 16.8. The van der Waals surface area contributed by atoms with Gasteiger partial charge in [0.15, 0.2) is 0 Å². The summed E-state index contributed by atoms with van der Waals surface area (Å²) in [6, 6.07) is 20.1. The second-order valence-electron chi connectivity index (χ2n) is 7.04. The molecular formula is C23H22N2O4S. The van der Waals surface area contributed by atoms with Crippen LogP contribution in [0.3, 0.4) is 0 Å². The number of carbonyl (C=O) groups excluding carboxylic acids is 1. The van der Waals surface area contributed by atoms with Crippen molar-refractivity contribution in [1.82, 2.24) is 4.57 Å². The van der Waals surface area contributed by atoms with Crippen LogP contribution in [0.1, 0.15) is 22.8 Å². The Kier molecular flexibility index (Phi) is 5.22. The van der Waals surface area contributed by atoms with Gasteiger partial charge in [0.1, 0.15) is 0 Å². The Morgan fingerprint density at radius 2 is 1.67 bits per heavy atom. The van der Waals surface area contributed by atoms with Gasteiger partial charge >= 0.3 is 5.97 Å². The molecule has 0 aliphatic carbocycles. The summed E-state index contributed by atoms with van der Waals surface area (Å²) in [5.41, 5.74) is 3.68. The number of ether oxygens (including phenoxy) is 1. The normalized spacial score (nSPS) is 11.7. The fraction of sp³-hybridized carbons (Fsp3) is 0.174. The third kappa shape index (κ3) is 3.76. The Morgan fingerprint density at radius 1 is 0.967 bits per heavy atom. The first-order chi connectivity index (χ1) is 14.4. The molecule has 154 valence electrons. The number of benzene rings is 3. The van der Waals surface area contributed by atoms with E-state index in [4.69, 9.17) is 0 Å². The molecule has 0 bridgehead atoms. The second kappa shape index (κ2) is 7.84. The van der Waals surface area contributed by atoms with Gasteiger partial charge in [-0.3, -0.25) is 4.72 Å². The number of aromatic nitrogens is 1. The molecule has 0 saturated carbocycles. The van der Waals surface area contributed by atoms with E-state index in [2.05, 4.69) is 27.0 Å². The molecule has 1 heterocycles. The molecule has 0 amide bonds. The smallest absolute Gasteiger partial charge is 0.337 e. The minimum absolute atomic E-state index is 0.191. The van der Waals surface area contributed by atoms with E-state index < -0.39 is 16.0 Å². The number of fused-ring (bicyclic) bond motifs is 3. The number of hydrogen-bond donors (Lipinski definition) is 1. The predicted molar refractivity (Wildman–Crippen MR) is 119 cm³/mol. The van der Waals surface area contributed by atoms with Crippen molar-refractivity contribution in [2.24, 2.45) is 0 Å².